The average Bonchev–Trinajstić information content (AvgIpc) is 3.29. The lowest BCUT2D eigenvalue weighted by molar-refractivity contribution is -0.122. The first kappa shape index (κ1) is 23.4. The van der Waals surface area contributed by atoms with Crippen molar-refractivity contribution in [2.24, 2.45) is 0 Å². The molecule has 0 spiro atoms. The highest BCUT2D eigenvalue weighted by atomic mass is 16.3. The number of amides is 1. The molecule has 34 heavy (non-hydrogen) atoms. The Labute approximate surface area is 200 Å². The highest BCUT2D eigenvalue weighted by Crippen LogP contribution is 2.37. The number of carbonyl (C=O) groups is 1. The van der Waals surface area contributed by atoms with Crippen LogP contribution in [0.4, 0.5) is 0 Å². The zero-order valence-electron chi connectivity index (χ0n) is 19.4. The molecule has 4 aromatic rings. The molecular weight excluding hydrogens is 424 g/mol. The molecule has 1 aromatic heterocycles. The predicted molar refractivity (Wildman–Crippen MR) is 132 cm³/mol. The first-order valence-corrected chi connectivity index (χ1v) is 11.7. The van der Waals surface area contributed by atoms with E-state index < -0.39 is 5.60 Å². The minimum absolute atomic E-state index is 0.0402. The van der Waals surface area contributed by atoms with Crippen LogP contribution in [0.3, 0.4) is 0 Å². The minimum atomic E-state index is -1.48. The summed E-state index contributed by atoms with van der Waals surface area (Å²) >= 11 is 0. The van der Waals surface area contributed by atoms with Gasteiger partial charge in [-0.3, -0.25) is 4.79 Å². The van der Waals surface area contributed by atoms with Gasteiger partial charge in [0.05, 0.1) is 5.69 Å². The van der Waals surface area contributed by atoms with Gasteiger partial charge in [-0.1, -0.05) is 110 Å². The number of nitrogens with zero attached hydrogens (tertiary/aromatic N) is 3. The Bertz CT molecular complexity index is 1150. The summed E-state index contributed by atoms with van der Waals surface area (Å²) in [5.74, 6) is -0.152. The number of nitrogens with one attached hydrogen (secondary N) is 1. The van der Waals surface area contributed by atoms with Gasteiger partial charge in [-0.25, -0.2) is 4.68 Å². The molecular formula is C28H30N4O2. The van der Waals surface area contributed by atoms with Gasteiger partial charge in [0.1, 0.15) is 12.2 Å². The third-order valence-electron chi connectivity index (χ3n) is 5.96. The van der Waals surface area contributed by atoms with Crippen LogP contribution in [0.1, 0.15) is 47.8 Å². The number of rotatable bonds is 10. The summed E-state index contributed by atoms with van der Waals surface area (Å²) in [7, 11) is 0. The molecule has 0 bridgehead atoms. The smallest absolute Gasteiger partial charge is 0.242 e. The van der Waals surface area contributed by atoms with Crippen molar-refractivity contribution in [3.63, 3.8) is 0 Å². The summed E-state index contributed by atoms with van der Waals surface area (Å²) < 4.78 is 1.63. The van der Waals surface area contributed by atoms with Crippen LogP contribution < -0.4 is 5.32 Å². The molecule has 174 valence electrons. The van der Waals surface area contributed by atoms with Gasteiger partial charge >= 0.3 is 0 Å². The van der Waals surface area contributed by atoms with Gasteiger partial charge in [0, 0.05) is 6.54 Å². The number of hydrogen-bond donors (Lipinski definition) is 2. The quantitative estimate of drug-likeness (QED) is 0.376. The molecule has 1 heterocycles. The molecule has 0 atom stereocenters. The van der Waals surface area contributed by atoms with Gasteiger partial charge < -0.3 is 10.4 Å². The highest BCUT2D eigenvalue weighted by molar-refractivity contribution is 5.75. The van der Waals surface area contributed by atoms with E-state index in [1.165, 1.54) is 0 Å². The van der Waals surface area contributed by atoms with Gasteiger partial charge in [-0.05, 0) is 29.5 Å². The monoisotopic (exact) mass is 454 g/mol. The Morgan fingerprint density at radius 2 is 1.47 bits per heavy atom. The SMILES string of the molecule is CCCCc1c(C(O)(c2ccccc2)c2ccccc2)nnn1CC(=O)NCc1ccccc1. The van der Waals surface area contributed by atoms with Crippen molar-refractivity contribution < 1.29 is 9.90 Å². The molecule has 0 aliphatic carbocycles. The van der Waals surface area contributed by atoms with Crippen LogP contribution >= 0.6 is 0 Å². The number of aliphatic hydroxyl groups is 1. The summed E-state index contributed by atoms with van der Waals surface area (Å²) in [6, 6.07) is 28.8. The van der Waals surface area contributed by atoms with Crippen LogP contribution in [0.15, 0.2) is 91.0 Å². The Balaban J connectivity index is 1.68. The van der Waals surface area contributed by atoms with Crippen molar-refractivity contribution in [2.45, 2.75) is 44.9 Å². The van der Waals surface area contributed by atoms with Crippen LogP contribution in [-0.2, 0) is 29.9 Å². The van der Waals surface area contributed by atoms with E-state index in [2.05, 4.69) is 22.6 Å². The molecule has 2 N–H and O–H groups in total. The lowest BCUT2D eigenvalue weighted by atomic mass is 9.82. The fraction of sp³-hybridized carbons (Fsp3) is 0.250. The Morgan fingerprint density at radius 3 is 2.03 bits per heavy atom. The summed E-state index contributed by atoms with van der Waals surface area (Å²) in [5, 5.41) is 23.9. The molecule has 0 aliphatic heterocycles. The van der Waals surface area contributed by atoms with Crippen LogP contribution in [0.5, 0.6) is 0 Å². The lowest BCUT2D eigenvalue weighted by Gasteiger charge is -2.28. The van der Waals surface area contributed by atoms with Gasteiger partial charge in [0.25, 0.3) is 0 Å². The maximum Gasteiger partial charge on any atom is 0.242 e. The fourth-order valence-electron chi connectivity index (χ4n) is 4.12. The summed E-state index contributed by atoms with van der Waals surface area (Å²) in [6.45, 7) is 2.60. The molecule has 0 saturated heterocycles. The van der Waals surface area contributed by atoms with Crippen LogP contribution in [0.25, 0.3) is 0 Å². The van der Waals surface area contributed by atoms with Crippen molar-refractivity contribution in [1.29, 1.82) is 0 Å². The van der Waals surface area contributed by atoms with Gasteiger partial charge in [0.2, 0.25) is 5.91 Å². The largest absolute Gasteiger partial charge is 0.374 e. The van der Waals surface area contributed by atoms with E-state index in [0.717, 1.165) is 24.1 Å². The lowest BCUT2D eigenvalue weighted by Crippen LogP contribution is -2.32. The standard InChI is InChI=1S/C28H30N4O2/c1-2-3-19-25-27(28(34,23-15-9-5-10-16-23)24-17-11-6-12-18-24)30-31-32(25)21-26(33)29-20-22-13-7-4-8-14-22/h4-18,34H,2-3,19-21H2,1H3,(H,29,33). The highest BCUT2D eigenvalue weighted by Gasteiger charge is 2.39. The second-order valence-corrected chi connectivity index (χ2v) is 8.35. The number of carbonyl (C=O) groups excluding carboxylic acids is 1. The summed E-state index contributed by atoms with van der Waals surface area (Å²) in [5.41, 5.74) is 2.20. The molecule has 4 rings (SSSR count). The van der Waals surface area contributed by atoms with Crippen molar-refractivity contribution in [2.75, 3.05) is 0 Å². The van der Waals surface area contributed by atoms with Crippen LogP contribution in [-0.4, -0.2) is 26.0 Å². The minimum Gasteiger partial charge on any atom is -0.374 e. The van der Waals surface area contributed by atoms with Gasteiger partial charge in [-0.2, -0.15) is 0 Å². The molecule has 6 nitrogen and oxygen atoms in total. The van der Waals surface area contributed by atoms with E-state index in [1.54, 1.807) is 4.68 Å². The first-order chi connectivity index (χ1) is 16.6. The van der Waals surface area contributed by atoms with E-state index >= 15 is 0 Å². The number of benzene rings is 3. The first-order valence-electron chi connectivity index (χ1n) is 11.7. The van der Waals surface area contributed by atoms with E-state index in [4.69, 9.17) is 0 Å². The predicted octanol–water partition coefficient (Wildman–Crippen LogP) is 4.22. The Kier molecular flexibility index (Phi) is 7.50. The summed E-state index contributed by atoms with van der Waals surface area (Å²) in [4.78, 5) is 12.7. The molecule has 1 amide bonds. The maximum atomic E-state index is 12.7. The third-order valence-corrected chi connectivity index (χ3v) is 5.96. The Hall–Kier alpha value is -3.77. The number of aromatic nitrogens is 3. The number of hydrogen-bond acceptors (Lipinski definition) is 4. The summed E-state index contributed by atoms with van der Waals surface area (Å²) in [6.07, 6.45) is 2.53. The van der Waals surface area contributed by atoms with Gasteiger partial charge in [-0.15, -0.1) is 5.10 Å². The average molecular weight is 455 g/mol. The van der Waals surface area contributed by atoms with Crippen LogP contribution in [0.2, 0.25) is 0 Å². The molecule has 0 unspecified atom stereocenters. The normalized spacial score (nSPS) is 11.4. The molecule has 0 saturated carbocycles. The Morgan fingerprint density at radius 1 is 0.912 bits per heavy atom. The second kappa shape index (κ2) is 10.9. The third kappa shape index (κ3) is 5.07. The molecule has 0 aliphatic rings. The van der Waals surface area contributed by atoms with Crippen molar-refractivity contribution >= 4 is 5.91 Å². The van der Waals surface area contributed by atoms with Crippen LogP contribution in [0, 0.1) is 0 Å². The van der Waals surface area contributed by atoms with Gasteiger partial charge in [0.15, 0.2) is 5.60 Å². The van der Waals surface area contributed by atoms with Crippen molar-refractivity contribution in [1.82, 2.24) is 20.3 Å². The van der Waals surface area contributed by atoms with E-state index in [1.807, 2.05) is 91.0 Å². The molecule has 3 aromatic carbocycles. The second-order valence-electron chi connectivity index (χ2n) is 8.35. The van der Waals surface area contributed by atoms with Crippen molar-refractivity contribution in [3.8, 4) is 0 Å². The van der Waals surface area contributed by atoms with Crippen molar-refractivity contribution in [3.05, 3.63) is 119 Å². The molecule has 0 fully saturated rings. The maximum absolute atomic E-state index is 12.7. The van der Waals surface area contributed by atoms with E-state index in [0.29, 0.717) is 29.8 Å². The number of unbranched alkanes of at least 4 members (excludes halogenated alkanes) is 1. The molecule has 0 radical (unpaired) electrons. The van der Waals surface area contributed by atoms with E-state index in [9.17, 15) is 9.90 Å². The molecule has 6 heteroatoms. The fourth-order valence-corrected chi connectivity index (χ4v) is 4.12. The zero-order valence-corrected chi connectivity index (χ0v) is 19.4. The van der Waals surface area contributed by atoms with E-state index in [-0.39, 0.29) is 12.5 Å². The topological polar surface area (TPSA) is 80.0 Å². The zero-order chi connectivity index (χ0) is 23.8.